The maximum absolute atomic E-state index is 11.2. The fourth-order valence-corrected chi connectivity index (χ4v) is 4.05. The number of aromatic nitrogens is 2. The summed E-state index contributed by atoms with van der Waals surface area (Å²) in [7, 11) is 0. The van der Waals surface area contributed by atoms with Crippen LogP contribution >= 0.6 is 0 Å². The number of carboxylic acids is 1. The summed E-state index contributed by atoms with van der Waals surface area (Å²) in [5, 5.41) is 9.21. The number of carboxylic acid groups (broad SMARTS) is 1. The molecule has 0 amide bonds. The lowest BCUT2D eigenvalue weighted by Gasteiger charge is -2.23. The van der Waals surface area contributed by atoms with Crippen molar-refractivity contribution >= 4 is 17.0 Å². The van der Waals surface area contributed by atoms with Gasteiger partial charge in [-0.2, -0.15) is 0 Å². The number of hydrogen-bond donors (Lipinski definition) is 1. The third kappa shape index (κ3) is 1.52. The molecule has 98 valence electrons. The van der Waals surface area contributed by atoms with E-state index in [1.54, 1.807) is 6.07 Å². The normalized spacial score (nSPS) is 29.2. The Morgan fingerprint density at radius 1 is 1.32 bits per heavy atom. The van der Waals surface area contributed by atoms with E-state index in [4.69, 9.17) is 0 Å². The van der Waals surface area contributed by atoms with Crippen molar-refractivity contribution in [2.75, 3.05) is 0 Å². The van der Waals surface area contributed by atoms with Gasteiger partial charge in [-0.15, -0.1) is 0 Å². The van der Waals surface area contributed by atoms with Gasteiger partial charge in [-0.25, -0.2) is 9.78 Å². The van der Waals surface area contributed by atoms with E-state index in [0.717, 1.165) is 17.4 Å². The lowest BCUT2D eigenvalue weighted by molar-refractivity contribution is 0.0699. The molecule has 2 bridgehead atoms. The number of imidazole rings is 1. The minimum Gasteiger partial charge on any atom is -0.478 e. The third-order valence-electron chi connectivity index (χ3n) is 4.89. The van der Waals surface area contributed by atoms with E-state index in [-0.39, 0.29) is 0 Å². The Balaban J connectivity index is 1.84. The maximum Gasteiger partial charge on any atom is 0.337 e. The molecule has 2 aliphatic rings. The summed E-state index contributed by atoms with van der Waals surface area (Å²) >= 11 is 0. The van der Waals surface area contributed by atoms with Gasteiger partial charge in [-0.3, -0.25) is 0 Å². The topological polar surface area (TPSA) is 55.1 Å². The summed E-state index contributed by atoms with van der Waals surface area (Å²) in [5.41, 5.74) is 1.90. The van der Waals surface area contributed by atoms with Crippen LogP contribution < -0.4 is 0 Å². The second-order valence-electron chi connectivity index (χ2n) is 5.87. The molecule has 1 aromatic heterocycles. The predicted molar refractivity (Wildman–Crippen MR) is 71.2 cm³/mol. The Hall–Kier alpha value is -1.84. The zero-order chi connectivity index (χ0) is 13.0. The first kappa shape index (κ1) is 11.0. The van der Waals surface area contributed by atoms with E-state index in [1.807, 2.05) is 18.5 Å². The number of nitrogens with zero attached hydrogens (tertiary/aromatic N) is 2. The Morgan fingerprint density at radius 2 is 2.21 bits per heavy atom. The van der Waals surface area contributed by atoms with E-state index in [9.17, 15) is 9.90 Å². The molecular formula is C15H16N2O2. The van der Waals surface area contributed by atoms with Crippen LogP contribution in [0.25, 0.3) is 11.0 Å². The van der Waals surface area contributed by atoms with Gasteiger partial charge in [0.25, 0.3) is 0 Å². The van der Waals surface area contributed by atoms with Crippen LogP contribution in [0.15, 0.2) is 24.5 Å². The minimum atomic E-state index is -0.899. The van der Waals surface area contributed by atoms with Gasteiger partial charge < -0.3 is 9.67 Å². The summed E-state index contributed by atoms with van der Waals surface area (Å²) < 4.78 is 2.21. The Morgan fingerprint density at radius 3 is 2.89 bits per heavy atom. The Kier molecular flexibility index (Phi) is 2.22. The number of benzene rings is 1. The molecule has 2 aliphatic carbocycles. The van der Waals surface area contributed by atoms with Gasteiger partial charge in [0.05, 0.1) is 17.4 Å². The monoisotopic (exact) mass is 256 g/mol. The van der Waals surface area contributed by atoms with Crippen LogP contribution in [0.1, 0.15) is 42.1 Å². The average Bonchev–Trinajstić information content (AvgIpc) is 3.11. The van der Waals surface area contributed by atoms with Gasteiger partial charge in [0.1, 0.15) is 5.52 Å². The van der Waals surface area contributed by atoms with Gasteiger partial charge in [0.15, 0.2) is 0 Å². The van der Waals surface area contributed by atoms with E-state index in [2.05, 4.69) is 9.55 Å². The van der Waals surface area contributed by atoms with E-state index in [0.29, 0.717) is 17.1 Å². The molecule has 19 heavy (non-hydrogen) atoms. The van der Waals surface area contributed by atoms with Crippen LogP contribution in [0.4, 0.5) is 0 Å². The highest BCUT2D eigenvalue weighted by atomic mass is 16.4. The average molecular weight is 256 g/mol. The fraction of sp³-hybridized carbons (Fsp3) is 0.467. The van der Waals surface area contributed by atoms with Gasteiger partial charge in [-0.1, -0.05) is 12.5 Å². The van der Waals surface area contributed by atoms with Crippen molar-refractivity contribution in [1.29, 1.82) is 0 Å². The lowest BCUT2D eigenvalue weighted by atomic mass is 9.95. The van der Waals surface area contributed by atoms with E-state index in [1.165, 1.54) is 25.7 Å². The second kappa shape index (κ2) is 3.83. The Bertz CT molecular complexity index is 661. The summed E-state index contributed by atoms with van der Waals surface area (Å²) in [4.78, 5) is 15.6. The summed E-state index contributed by atoms with van der Waals surface area (Å²) in [6.45, 7) is 0. The van der Waals surface area contributed by atoms with Crippen molar-refractivity contribution in [2.45, 2.75) is 31.7 Å². The number of carbonyl (C=O) groups is 1. The van der Waals surface area contributed by atoms with E-state index >= 15 is 0 Å². The number of rotatable bonds is 2. The van der Waals surface area contributed by atoms with Gasteiger partial charge in [0, 0.05) is 6.04 Å². The second-order valence-corrected chi connectivity index (χ2v) is 5.87. The highest BCUT2D eigenvalue weighted by Crippen LogP contribution is 2.51. The third-order valence-corrected chi connectivity index (χ3v) is 4.89. The standard InChI is InChI=1S/C15H16N2O2/c18-15(19)11-2-1-3-12-14(11)16-8-17(12)13-7-9-4-5-10(13)6-9/h1-3,8-10,13H,4-7H2,(H,18,19). The molecule has 4 heteroatoms. The van der Waals surface area contributed by atoms with Crippen molar-refractivity contribution in [3.8, 4) is 0 Å². The molecule has 0 spiro atoms. The zero-order valence-electron chi connectivity index (χ0n) is 10.6. The summed E-state index contributed by atoms with van der Waals surface area (Å²) in [5.74, 6) is 0.731. The number of fused-ring (bicyclic) bond motifs is 3. The van der Waals surface area contributed by atoms with Crippen molar-refractivity contribution < 1.29 is 9.90 Å². The number of para-hydroxylation sites is 1. The molecule has 1 N–H and O–H groups in total. The first-order valence-electron chi connectivity index (χ1n) is 6.93. The SMILES string of the molecule is O=C(O)c1cccc2c1ncn2C1CC2CCC1C2. The molecular weight excluding hydrogens is 240 g/mol. The first-order chi connectivity index (χ1) is 9.24. The summed E-state index contributed by atoms with van der Waals surface area (Å²) in [6, 6.07) is 5.95. The van der Waals surface area contributed by atoms with Crippen molar-refractivity contribution in [2.24, 2.45) is 11.8 Å². The van der Waals surface area contributed by atoms with Crippen molar-refractivity contribution in [1.82, 2.24) is 9.55 Å². The molecule has 0 aliphatic heterocycles. The van der Waals surface area contributed by atoms with Crippen molar-refractivity contribution in [3.63, 3.8) is 0 Å². The van der Waals surface area contributed by atoms with Gasteiger partial charge in [-0.05, 0) is 43.2 Å². The van der Waals surface area contributed by atoms with Gasteiger partial charge in [0.2, 0.25) is 0 Å². The lowest BCUT2D eigenvalue weighted by Crippen LogP contribution is -2.15. The molecule has 3 unspecified atom stereocenters. The van der Waals surface area contributed by atoms with Crippen LogP contribution in [-0.2, 0) is 0 Å². The molecule has 0 radical (unpaired) electrons. The molecule has 1 aromatic carbocycles. The number of hydrogen-bond acceptors (Lipinski definition) is 2. The molecule has 1 heterocycles. The highest BCUT2D eigenvalue weighted by Gasteiger charge is 2.40. The molecule has 0 saturated heterocycles. The fourth-order valence-electron chi connectivity index (χ4n) is 4.05. The van der Waals surface area contributed by atoms with E-state index < -0.39 is 5.97 Å². The molecule has 2 fully saturated rings. The van der Waals surface area contributed by atoms with Crippen LogP contribution in [0, 0.1) is 11.8 Å². The van der Waals surface area contributed by atoms with Gasteiger partial charge >= 0.3 is 5.97 Å². The van der Waals surface area contributed by atoms with Crippen LogP contribution in [-0.4, -0.2) is 20.6 Å². The molecule has 4 nitrogen and oxygen atoms in total. The van der Waals surface area contributed by atoms with Crippen LogP contribution in [0.2, 0.25) is 0 Å². The summed E-state index contributed by atoms with van der Waals surface area (Å²) in [6.07, 6.45) is 7.08. The largest absolute Gasteiger partial charge is 0.478 e. The molecule has 3 atom stereocenters. The Labute approximate surface area is 111 Å². The maximum atomic E-state index is 11.2. The zero-order valence-corrected chi connectivity index (χ0v) is 10.6. The first-order valence-corrected chi connectivity index (χ1v) is 6.93. The smallest absolute Gasteiger partial charge is 0.337 e. The van der Waals surface area contributed by atoms with Crippen LogP contribution in [0.5, 0.6) is 0 Å². The van der Waals surface area contributed by atoms with Crippen LogP contribution in [0.3, 0.4) is 0 Å². The molecule has 2 saturated carbocycles. The molecule has 4 rings (SSSR count). The minimum absolute atomic E-state index is 0.305. The predicted octanol–water partition coefficient (Wildman–Crippen LogP) is 3.10. The highest BCUT2D eigenvalue weighted by molar-refractivity contribution is 6.00. The van der Waals surface area contributed by atoms with Crippen molar-refractivity contribution in [3.05, 3.63) is 30.1 Å². The molecule has 2 aromatic rings. The quantitative estimate of drug-likeness (QED) is 0.898. The number of aromatic carboxylic acids is 1.